The first-order valence-corrected chi connectivity index (χ1v) is 7.20. The Bertz CT molecular complexity index is 701. The summed E-state index contributed by atoms with van der Waals surface area (Å²) in [6.07, 6.45) is 0. The fraction of sp³-hybridized carbons (Fsp3) is 0.167. The molecule has 0 radical (unpaired) electrons. The van der Waals surface area contributed by atoms with E-state index in [1.165, 1.54) is 12.1 Å². The average Bonchev–Trinajstić information content (AvgIpc) is 2.54. The smallest absolute Gasteiger partial charge is 0.243 e. The number of rotatable bonds is 7. The number of anilines is 2. The van der Waals surface area contributed by atoms with Crippen molar-refractivity contribution in [3.63, 3.8) is 0 Å². The first kappa shape index (κ1) is 16.5. The van der Waals surface area contributed by atoms with E-state index in [1.807, 2.05) is 25.1 Å². The summed E-state index contributed by atoms with van der Waals surface area (Å²) in [6.45, 7) is 6.06. The van der Waals surface area contributed by atoms with Gasteiger partial charge in [0, 0.05) is 0 Å². The number of para-hydroxylation sites is 3. The van der Waals surface area contributed by atoms with Gasteiger partial charge in [-0.1, -0.05) is 30.8 Å². The number of halogens is 1. The highest BCUT2D eigenvalue weighted by Gasteiger charge is 2.08. The van der Waals surface area contributed by atoms with E-state index in [9.17, 15) is 9.18 Å². The van der Waals surface area contributed by atoms with Crippen LogP contribution in [0.2, 0.25) is 0 Å². The van der Waals surface area contributed by atoms with Crippen LogP contribution < -0.4 is 15.4 Å². The average molecular weight is 314 g/mol. The summed E-state index contributed by atoms with van der Waals surface area (Å²) in [5.41, 5.74) is 1.75. The number of amides is 1. The van der Waals surface area contributed by atoms with Crippen LogP contribution in [-0.2, 0) is 4.79 Å². The van der Waals surface area contributed by atoms with Gasteiger partial charge in [-0.25, -0.2) is 4.39 Å². The zero-order valence-electron chi connectivity index (χ0n) is 12.9. The number of carbonyl (C=O) groups is 1. The lowest BCUT2D eigenvalue weighted by atomic mass is 10.2. The molecule has 0 saturated heterocycles. The summed E-state index contributed by atoms with van der Waals surface area (Å²) >= 11 is 0. The maximum Gasteiger partial charge on any atom is 0.243 e. The molecule has 5 heteroatoms. The van der Waals surface area contributed by atoms with Crippen LogP contribution >= 0.6 is 0 Å². The molecule has 0 aromatic heterocycles. The van der Waals surface area contributed by atoms with Crippen LogP contribution in [0, 0.1) is 5.82 Å². The van der Waals surface area contributed by atoms with Crippen LogP contribution in [-0.4, -0.2) is 19.1 Å². The molecule has 2 aromatic carbocycles. The Kier molecular flexibility index (Phi) is 5.74. The molecule has 0 spiro atoms. The van der Waals surface area contributed by atoms with Crippen LogP contribution in [0.3, 0.4) is 0 Å². The molecule has 0 aliphatic heterocycles. The number of benzene rings is 2. The minimum atomic E-state index is -0.467. The van der Waals surface area contributed by atoms with Crippen LogP contribution in [0.25, 0.3) is 0 Å². The molecular formula is C18H19FN2O2. The van der Waals surface area contributed by atoms with Gasteiger partial charge < -0.3 is 15.4 Å². The van der Waals surface area contributed by atoms with E-state index >= 15 is 0 Å². The van der Waals surface area contributed by atoms with Crippen LogP contribution in [0.5, 0.6) is 5.75 Å². The molecule has 2 rings (SSSR count). The maximum atomic E-state index is 13.5. The van der Waals surface area contributed by atoms with Crippen molar-refractivity contribution in [2.45, 2.75) is 6.92 Å². The zero-order chi connectivity index (χ0) is 16.7. The second-order valence-electron chi connectivity index (χ2n) is 5.12. The van der Waals surface area contributed by atoms with Crippen LogP contribution in [0.15, 0.2) is 60.7 Å². The number of nitrogens with one attached hydrogen (secondary N) is 2. The number of hydrogen-bond donors (Lipinski definition) is 2. The van der Waals surface area contributed by atoms with E-state index < -0.39 is 5.82 Å². The highest BCUT2D eigenvalue weighted by Crippen LogP contribution is 2.24. The SMILES string of the molecule is C=C(C)COc1ccccc1NCC(=O)Nc1ccccc1F. The maximum absolute atomic E-state index is 13.5. The Morgan fingerprint density at radius 2 is 1.78 bits per heavy atom. The molecule has 0 unspecified atom stereocenters. The standard InChI is InChI=1S/C18H19FN2O2/c1-13(2)12-23-17-10-6-5-9-16(17)20-11-18(22)21-15-8-4-3-7-14(15)19/h3-10,20H,1,11-12H2,2H3,(H,21,22). The molecule has 120 valence electrons. The molecular weight excluding hydrogens is 295 g/mol. The highest BCUT2D eigenvalue weighted by molar-refractivity contribution is 5.94. The second kappa shape index (κ2) is 7.98. The highest BCUT2D eigenvalue weighted by atomic mass is 19.1. The molecule has 0 bridgehead atoms. The van der Waals surface area contributed by atoms with Gasteiger partial charge in [0.05, 0.1) is 17.9 Å². The minimum Gasteiger partial charge on any atom is -0.487 e. The van der Waals surface area contributed by atoms with Crippen molar-refractivity contribution in [1.29, 1.82) is 0 Å². The topological polar surface area (TPSA) is 50.4 Å². The molecule has 2 N–H and O–H groups in total. The predicted octanol–water partition coefficient (Wildman–Crippen LogP) is 3.83. The van der Waals surface area contributed by atoms with E-state index in [-0.39, 0.29) is 18.1 Å². The zero-order valence-corrected chi connectivity index (χ0v) is 12.9. The summed E-state index contributed by atoms with van der Waals surface area (Å²) in [4.78, 5) is 11.9. The van der Waals surface area contributed by atoms with Gasteiger partial charge in [0.2, 0.25) is 5.91 Å². The van der Waals surface area contributed by atoms with Crippen molar-refractivity contribution in [2.24, 2.45) is 0 Å². The normalized spacial score (nSPS) is 10.0. The molecule has 0 saturated carbocycles. The molecule has 0 atom stereocenters. The Balaban J connectivity index is 1.94. The number of carbonyl (C=O) groups excluding carboxylic acids is 1. The third-order valence-corrected chi connectivity index (χ3v) is 2.95. The monoisotopic (exact) mass is 314 g/mol. The van der Waals surface area contributed by atoms with Gasteiger partial charge in [0.15, 0.2) is 0 Å². The van der Waals surface area contributed by atoms with Crippen molar-refractivity contribution < 1.29 is 13.9 Å². The van der Waals surface area contributed by atoms with Crippen molar-refractivity contribution in [3.8, 4) is 5.75 Å². The summed E-state index contributed by atoms with van der Waals surface area (Å²) in [6, 6.07) is 13.3. The van der Waals surface area contributed by atoms with E-state index in [4.69, 9.17) is 4.74 Å². The third kappa shape index (κ3) is 5.14. The molecule has 0 heterocycles. The Morgan fingerprint density at radius 3 is 2.48 bits per heavy atom. The lowest BCUT2D eigenvalue weighted by Gasteiger charge is -2.13. The van der Waals surface area contributed by atoms with Crippen molar-refractivity contribution >= 4 is 17.3 Å². The minimum absolute atomic E-state index is 0.00176. The fourth-order valence-corrected chi connectivity index (χ4v) is 1.87. The van der Waals surface area contributed by atoms with Gasteiger partial charge in [0.1, 0.15) is 18.2 Å². The molecule has 1 amide bonds. The third-order valence-electron chi connectivity index (χ3n) is 2.95. The van der Waals surface area contributed by atoms with E-state index in [0.717, 1.165) is 5.57 Å². The van der Waals surface area contributed by atoms with Crippen molar-refractivity contribution in [3.05, 3.63) is 66.5 Å². The molecule has 2 aromatic rings. The first-order valence-electron chi connectivity index (χ1n) is 7.20. The quantitative estimate of drug-likeness (QED) is 0.764. The second-order valence-corrected chi connectivity index (χ2v) is 5.12. The largest absolute Gasteiger partial charge is 0.487 e. The lowest BCUT2D eigenvalue weighted by Crippen LogP contribution is -2.22. The van der Waals surface area contributed by atoms with Gasteiger partial charge in [-0.3, -0.25) is 4.79 Å². The Hall–Kier alpha value is -2.82. The van der Waals surface area contributed by atoms with Crippen LogP contribution in [0.1, 0.15) is 6.92 Å². The molecule has 0 aliphatic carbocycles. The lowest BCUT2D eigenvalue weighted by molar-refractivity contribution is -0.114. The summed E-state index contributed by atoms with van der Waals surface area (Å²) in [5.74, 6) is -0.176. The molecule has 0 fully saturated rings. The summed E-state index contributed by atoms with van der Waals surface area (Å²) in [7, 11) is 0. The number of hydrogen-bond acceptors (Lipinski definition) is 3. The van der Waals surface area contributed by atoms with Gasteiger partial charge in [-0.05, 0) is 36.8 Å². The van der Waals surface area contributed by atoms with Gasteiger partial charge in [0.25, 0.3) is 0 Å². The van der Waals surface area contributed by atoms with E-state index in [0.29, 0.717) is 18.0 Å². The van der Waals surface area contributed by atoms with Crippen molar-refractivity contribution in [2.75, 3.05) is 23.8 Å². The summed E-state index contributed by atoms with van der Waals surface area (Å²) in [5, 5.41) is 5.51. The van der Waals surface area contributed by atoms with Gasteiger partial charge in [-0.15, -0.1) is 0 Å². The van der Waals surface area contributed by atoms with Crippen LogP contribution in [0.4, 0.5) is 15.8 Å². The van der Waals surface area contributed by atoms with Gasteiger partial charge in [-0.2, -0.15) is 0 Å². The van der Waals surface area contributed by atoms with E-state index in [2.05, 4.69) is 17.2 Å². The van der Waals surface area contributed by atoms with Gasteiger partial charge >= 0.3 is 0 Å². The molecule has 4 nitrogen and oxygen atoms in total. The molecule has 0 aliphatic rings. The van der Waals surface area contributed by atoms with Crippen molar-refractivity contribution in [1.82, 2.24) is 0 Å². The molecule has 23 heavy (non-hydrogen) atoms. The van der Waals surface area contributed by atoms with E-state index in [1.54, 1.807) is 18.2 Å². The predicted molar refractivity (Wildman–Crippen MR) is 90.3 cm³/mol. The Labute approximate surface area is 135 Å². The number of ether oxygens (including phenoxy) is 1. The summed E-state index contributed by atoms with van der Waals surface area (Å²) < 4.78 is 19.1. The first-order chi connectivity index (χ1) is 11.1. The Morgan fingerprint density at radius 1 is 1.13 bits per heavy atom. The fourth-order valence-electron chi connectivity index (χ4n) is 1.87.